The molecule has 1 aromatic carbocycles. The van der Waals surface area contributed by atoms with Crippen LogP contribution in [0.4, 0.5) is 5.69 Å². The Balaban J connectivity index is 1.80. The quantitative estimate of drug-likeness (QED) is 0.589. The third kappa shape index (κ3) is 1.51. The average molecular weight is 293 g/mol. The predicted octanol–water partition coefficient (Wildman–Crippen LogP) is 3.25. The van der Waals surface area contributed by atoms with Crippen molar-refractivity contribution in [3.8, 4) is 0 Å². The van der Waals surface area contributed by atoms with Gasteiger partial charge in [0, 0.05) is 11.8 Å². The zero-order valence-electron chi connectivity index (χ0n) is 13.0. The van der Waals surface area contributed by atoms with Gasteiger partial charge in [0.1, 0.15) is 0 Å². The number of allylic oxidation sites excluding steroid dienone is 4. The summed E-state index contributed by atoms with van der Waals surface area (Å²) in [6.45, 7) is 6.10. The topological polar surface area (TPSA) is 37.4 Å². The van der Waals surface area contributed by atoms with Gasteiger partial charge >= 0.3 is 0 Å². The Kier molecular flexibility index (Phi) is 2.71. The van der Waals surface area contributed by atoms with Crippen molar-refractivity contribution in [2.45, 2.75) is 20.8 Å². The maximum atomic E-state index is 13.0. The number of hydrogen-bond donors (Lipinski definition) is 0. The molecule has 0 N–H and O–H groups in total. The number of amides is 2. The van der Waals surface area contributed by atoms with Crippen LogP contribution in [0.25, 0.3) is 0 Å². The van der Waals surface area contributed by atoms with E-state index in [1.165, 1.54) is 16.0 Å². The van der Waals surface area contributed by atoms with E-state index >= 15 is 0 Å². The molecule has 2 bridgehead atoms. The number of nitrogens with zero attached hydrogens (tertiary/aromatic N) is 1. The number of aryl methyl sites for hydroxylation is 1. The molecule has 2 aliphatic carbocycles. The van der Waals surface area contributed by atoms with Gasteiger partial charge in [0.25, 0.3) is 0 Å². The van der Waals surface area contributed by atoms with E-state index in [4.69, 9.17) is 0 Å². The van der Waals surface area contributed by atoms with Crippen LogP contribution < -0.4 is 4.90 Å². The maximum Gasteiger partial charge on any atom is 0.238 e. The van der Waals surface area contributed by atoms with Crippen molar-refractivity contribution in [1.29, 1.82) is 0 Å². The second-order valence-electron chi connectivity index (χ2n) is 6.74. The molecule has 2 amide bonds. The SMILES string of the molecule is CC(C)=C1[C@H]2C=C[C@@H]1[C@H]1C(=O)N(c3ccccc3C)C(=O)[C@H]12. The molecule has 4 rings (SSSR count). The van der Waals surface area contributed by atoms with Crippen LogP contribution in [0.2, 0.25) is 0 Å². The van der Waals surface area contributed by atoms with Crippen molar-refractivity contribution in [3.63, 3.8) is 0 Å². The summed E-state index contributed by atoms with van der Waals surface area (Å²) in [6.07, 6.45) is 4.25. The molecule has 1 saturated heterocycles. The number of carbonyl (C=O) groups excluding carboxylic acids is 2. The number of carbonyl (C=O) groups is 2. The molecule has 2 fully saturated rings. The van der Waals surface area contributed by atoms with Gasteiger partial charge in [-0.25, -0.2) is 4.90 Å². The lowest BCUT2D eigenvalue weighted by atomic mass is 9.85. The molecule has 1 saturated carbocycles. The highest BCUT2D eigenvalue weighted by Gasteiger charge is 2.61. The molecule has 1 aromatic rings. The zero-order chi connectivity index (χ0) is 15.6. The van der Waals surface area contributed by atoms with Crippen LogP contribution in [0.5, 0.6) is 0 Å². The highest BCUT2D eigenvalue weighted by Crippen LogP contribution is 2.57. The summed E-state index contributed by atoms with van der Waals surface area (Å²) in [5.74, 6) is -0.227. The Bertz CT molecular complexity index is 720. The molecule has 1 aliphatic heterocycles. The third-order valence-corrected chi connectivity index (χ3v) is 5.35. The normalized spacial score (nSPS) is 32.1. The number of para-hydroxylation sites is 1. The second kappa shape index (κ2) is 4.42. The largest absolute Gasteiger partial charge is 0.274 e. The van der Waals surface area contributed by atoms with Crippen molar-refractivity contribution in [3.05, 3.63) is 53.1 Å². The number of fused-ring (bicyclic) bond motifs is 5. The van der Waals surface area contributed by atoms with Crippen LogP contribution in [0.15, 0.2) is 47.6 Å². The molecule has 3 heteroatoms. The van der Waals surface area contributed by atoms with E-state index in [1.54, 1.807) is 0 Å². The Morgan fingerprint density at radius 3 is 2.00 bits per heavy atom. The van der Waals surface area contributed by atoms with Crippen LogP contribution >= 0.6 is 0 Å². The van der Waals surface area contributed by atoms with Crippen LogP contribution in [-0.2, 0) is 9.59 Å². The highest BCUT2D eigenvalue weighted by molar-refractivity contribution is 6.23. The molecule has 1 heterocycles. The number of anilines is 1. The average Bonchev–Trinajstić information content (AvgIpc) is 3.11. The monoisotopic (exact) mass is 293 g/mol. The molecule has 3 nitrogen and oxygen atoms in total. The molecule has 22 heavy (non-hydrogen) atoms. The summed E-state index contributed by atoms with van der Waals surface area (Å²) in [7, 11) is 0. The van der Waals surface area contributed by atoms with Crippen molar-refractivity contribution < 1.29 is 9.59 Å². The fourth-order valence-electron chi connectivity index (χ4n) is 4.48. The molecule has 112 valence electrons. The van der Waals surface area contributed by atoms with Gasteiger partial charge in [0.2, 0.25) is 11.8 Å². The van der Waals surface area contributed by atoms with E-state index in [9.17, 15) is 9.59 Å². The zero-order valence-corrected chi connectivity index (χ0v) is 13.0. The molecule has 0 spiro atoms. The van der Waals surface area contributed by atoms with Crippen LogP contribution in [0.3, 0.4) is 0 Å². The Hall–Kier alpha value is -2.16. The predicted molar refractivity (Wildman–Crippen MR) is 85.1 cm³/mol. The van der Waals surface area contributed by atoms with Gasteiger partial charge in [0.15, 0.2) is 0 Å². The first-order chi connectivity index (χ1) is 10.5. The van der Waals surface area contributed by atoms with E-state index in [-0.39, 0.29) is 35.5 Å². The minimum absolute atomic E-state index is 0.0279. The van der Waals surface area contributed by atoms with E-state index < -0.39 is 0 Å². The first-order valence-corrected chi connectivity index (χ1v) is 7.81. The molecule has 3 aliphatic rings. The van der Waals surface area contributed by atoms with Gasteiger partial charge < -0.3 is 0 Å². The minimum Gasteiger partial charge on any atom is -0.274 e. The molecule has 0 unspecified atom stereocenters. The first-order valence-electron chi connectivity index (χ1n) is 7.81. The van der Waals surface area contributed by atoms with Gasteiger partial charge in [-0.15, -0.1) is 0 Å². The van der Waals surface area contributed by atoms with E-state index in [2.05, 4.69) is 26.0 Å². The van der Waals surface area contributed by atoms with E-state index in [1.807, 2.05) is 31.2 Å². The van der Waals surface area contributed by atoms with Gasteiger partial charge in [-0.3, -0.25) is 9.59 Å². The van der Waals surface area contributed by atoms with Gasteiger partial charge in [-0.2, -0.15) is 0 Å². The van der Waals surface area contributed by atoms with Gasteiger partial charge in [-0.1, -0.05) is 41.5 Å². The number of rotatable bonds is 1. The van der Waals surface area contributed by atoms with E-state index in [0.717, 1.165) is 11.3 Å². The summed E-state index contributed by atoms with van der Waals surface area (Å²) >= 11 is 0. The lowest BCUT2D eigenvalue weighted by molar-refractivity contribution is -0.122. The third-order valence-electron chi connectivity index (χ3n) is 5.35. The second-order valence-corrected chi connectivity index (χ2v) is 6.74. The summed E-state index contributed by atoms with van der Waals surface area (Å²) in [6, 6.07) is 7.62. The molecular weight excluding hydrogens is 274 g/mol. The van der Waals surface area contributed by atoms with Crippen molar-refractivity contribution in [2.75, 3.05) is 4.90 Å². The lowest BCUT2D eigenvalue weighted by Gasteiger charge is -2.20. The van der Waals surface area contributed by atoms with Crippen LogP contribution in [0, 0.1) is 30.6 Å². The van der Waals surface area contributed by atoms with Gasteiger partial charge in [-0.05, 0) is 32.4 Å². The molecule has 0 radical (unpaired) electrons. The Morgan fingerprint density at radius 1 is 0.955 bits per heavy atom. The fourth-order valence-corrected chi connectivity index (χ4v) is 4.48. The maximum absolute atomic E-state index is 13.0. The number of imide groups is 1. The van der Waals surface area contributed by atoms with Gasteiger partial charge in [0.05, 0.1) is 17.5 Å². The van der Waals surface area contributed by atoms with E-state index in [0.29, 0.717) is 0 Å². The smallest absolute Gasteiger partial charge is 0.238 e. The van der Waals surface area contributed by atoms with Crippen LogP contribution in [0.1, 0.15) is 19.4 Å². The van der Waals surface area contributed by atoms with Crippen molar-refractivity contribution in [1.82, 2.24) is 0 Å². The summed E-state index contributed by atoms with van der Waals surface area (Å²) in [4.78, 5) is 27.3. The Labute approximate surface area is 130 Å². The molecular formula is C19H19NO2. The fraction of sp³-hybridized carbons (Fsp3) is 0.368. The number of benzene rings is 1. The molecule has 0 aromatic heterocycles. The summed E-state index contributed by atoms with van der Waals surface area (Å²) < 4.78 is 0. The standard InChI is InChI=1S/C19H19NO2/c1-10(2)15-12-8-9-13(15)17-16(12)18(21)20(19(17)22)14-7-5-4-6-11(14)3/h4-9,12-13,16-17H,1-3H3/t12-,13+,16+,17-. The Morgan fingerprint density at radius 2 is 1.50 bits per heavy atom. The molecule has 4 atom stereocenters. The van der Waals surface area contributed by atoms with Crippen LogP contribution in [-0.4, -0.2) is 11.8 Å². The van der Waals surface area contributed by atoms with Crippen molar-refractivity contribution in [2.24, 2.45) is 23.7 Å². The van der Waals surface area contributed by atoms with Crippen molar-refractivity contribution >= 4 is 17.5 Å². The lowest BCUT2D eigenvalue weighted by Crippen LogP contribution is -2.33. The first kappa shape index (κ1) is 13.5. The minimum atomic E-state index is -0.202. The highest BCUT2D eigenvalue weighted by atomic mass is 16.2. The summed E-state index contributed by atoms with van der Waals surface area (Å²) in [5, 5.41) is 0. The summed E-state index contributed by atoms with van der Waals surface area (Å²) in [5.41, 5.74) is 4.25. The number of hydrogen-bond acceptors (Lipinski definition) is 2.